The van der Waals surface area contributed by atoms with Crippen molar-refractivity contribution in [1.82, 2.24) is 9.78 Å². The number of quaternary nitrogens is 1. The average molecular weight is 154 g/mol. The van der Waals surface area contributed by atoms with E-state index in [2.05, 4.69) is 30.7 Å². The van der Waals surface area contributed by atoms with Gasteiger partial charge in [-0.3, -0.25) is 4.68 Å². The van der Waals surface area contributed by atoms with Crippen molar-refractivity contribution in [2.24, 2.45) is 0 Å². The molecule has 3 N–H and O–H groups in total. The number of aryl methyl sites for hydroxylation is 2. The zero-order valence-corrected chi connectivity index (χ0v) is 7.46. The van der Waals surface area contributed by atoms with E-state index < -0.39 is 0 Å². The van der Waals surface area contributed by atoms with Gasteiger partial charge in [-0.05, 0) is 26.8 Å². The number of hydrogen-bond donors (Lipinski definition) is 1. The first kappa shape index (κ1) is 8.27. The normalized spacial score (nSPS) is 13.5. The summed E-state index contributed by atoms with van der Waals surface area (Å²) in [4.78, 5) is 0. The summed E-state index contributed by atoms with van der Waals surface area (Å²) in [6.45, 7) is 7.09. The summed E-state index contributed by atoms with van der Waals surface area (Å²) >= 11 is 0. The molecule has 0 fully saturated rings. The zero-order chi connectivity index (χ0) is 8.43. The number of rotatable bonds is 2. The van der Waals surface area contributed by atoms with Gasteiger partial charge in [-0.2, -0.15) is 5.10 Å². The molecule has 0 saturated carbocycles. The van der Waals surface area contributed by atoms with Crippen molar-refractivity contribution in [2.75, 3.05) is 0 Å². The molecule has 62 valence electrons. The molecular weight excluding hydrogens is 138 g/mol. The van der Waals surface area contributed by atoms with Crippen LogP contribution in [0.4, 0.5) is 0 Å². The molecule has 0 aliphatic rings. The van der Waals surface area contributed by atoms with Gasteiger partial charge < -0.3 is 5.73 Å². The van der Waals surface area contributed by atoms with E-state index in [4.69, 9.17) is 0 Å². The minimum Gasteiger partial charge on any atom is -0.354 e. The fraction of sp³-hybridized carbons (Fsp3) is 0.625. The summed E-state index contributed by atoms with van der Waals surface area (Å²) in [6, 6.07) is 2.51. The largest absolute Gasteiger partial charge is 0.354 e. The first-order chi connectivity index (χ1) is 5.09. The molecule has 0 saturated heterocycles. The first-order valence-corrected chi connectivity index (χ1v) is 3.93. The van der Waals surface area contributed by atoms with E-state index in [1.807, 2.05) is 11.6 Å². The molecule has 0 bridgehead atoms. The van der Waals surface area contributed by atoms with E-state index in [0.717, 1.165) is 12.2 Å². The highest BCUT2D eigenvalue weighted by Crippen LogP contribution is 2.01. The number of nitrogens with zero attached hydrogens (tertiary/aromatic N) is 2. The van der Waals surface area contributed by atoms with Gasteiger partial charge in [0.1, 0.15) is 6.04 Å². The van der Waals surface area contributed by atoms with Gasteiger partial charge in [0.15, 0.2) is 0 Å². The Morgan fingerprint density at radius 1 is 1.64 bits per heavy atom. The second-order valence-electron chi connectivity index (χ2n) is 3.21. The zero-order valence-electron chi connectivity index (χ0n) is 7.46. The Labute approximate surface area is 67.2 Å². The van der Waals surface area contributed by atoms with Crippen molar-refractivity contribution in [2.45, 2.75) is 33.4 Å². The fourth-order valence-corrected chi connectivity index (χ4v) is 1.15. The fourth-order valence-electron chi connectivity index (χ4n) is 1.15. The molecule has 0 amide bonds. The second-order valence-corrected chi connectivity index (χ2v) is 3.21. The number of hydrogen-bond acceptors (Lipinski definition) is 1. The molecule has 0 aromatic carbocycles. The lowest BCUT2D eigenvalue weighted by atomic mass is 10.3. The molecule has 3 heteroatoms. The summed E-state index contributed by atoms with van der Waals surface area (Å²) < 4.78 is 2.01. The summed E-state index contributed by atoms with van der Waals surface area (Å²) in [5.41, 5.74) is 6.23. The Bertz CT molecular complexity index is 237. The molecule has 11 heavy (non-hydrogen) atoms. The predicted octanol–water partition coefficient (Wildman–Crippen LogP) is 0.130. The Morgan fingerprint density at radius 3 is 2.64 bits per heavy atom. The summed E-state index contributed by atoms with van der Waals surface area (Å²) in [5, 5.41) is 4.33. The Kier molecular flexibility index (Phi) is 2.29. The van der Waals surface area contributed by atoms with Crippen molar-refractivity contribution in [1.29, 1.82) is 0 Å². The molecular formula is C8H16N3+. The van der Waals surface area contributed by atoms with Crippen LogP contribution in [0.3, 0.4) is 0 Å². The summed E-state index contributed by atoms with van der Waals surface area (Å²) in [5.74, 6) is 0. The summed E-state index contributed by atoms with van der Waals surface area (Å²) in [6.07, 6.45) is 0. The molecule has 1 atom stereocenters. The van der Waals surface area contributed by atoms with Crippen molar-refractivity contribution in [3.05, 3.63) is 17.5 Å². The van der Waals surface area contributed by atoms with E-state index in [1.54, 1.807) is 0 Å². The Morgan fingerprint density at radius 2 is 2.27 bits per heavy atom. The maximum Gasteiger partial charge on any atom is 0.101 e. The SMILES string of the molecule is Cc1cc(C)n(C[C@H](C)[NH3+])n1. The lowest BCUT2D eigenvalue weighted by molar-refractivity contribution is -0.417. The minimum atomic E-state index is 0.424. The predicted molar refractivity (Wildman–Crippen MR) is 44.1 cm³/mol. The lowest BCUT2D eigenvalue weighted by Crippen LogP contribution is -2.61. The van der Waals surface area contributed by atoms with Crippen LogP contribution in [0, 0.1) is 13.8 Å². The topological polar surface area (TPSA) is 45.5 Å². The molecule has 0 spiro atoms. The van der Waals surface area contributed by atoms with Gasteiger partial charge in [0.25, 0.3) is 0 Å². The van der Waals surface area contributed by atoms with Crippen molar-refractivity contribution < 1.29 is 5.73 Å². The maximum atomic E-state index is 4.33. The highest BCUT2D eigenvalue weighted by Gasteiger charge is 2.03. The molecule has 1 rings (SSSR count). The molecule has 0 aliphatic heterocycles. The molecule has 1 heterocycles. The molecule has 0 unspecified atom stereocenters. The third-order valence-corrected chi connectivity index (χ3v) is 1.59. The third-order valence-electron chi connectivity index (χ3n) is 1.59. The molecule has 0 aliphatic carbocycles. The number of aromatic nitrogens is 2. The van der Waals surface area contributed by atoms with Gasteiger partial charge >= 0.3 is 0 Å². The van der Waals surface area contributed by atoms with Crippen LogP contribution in [0.5, 0.6) is 0 Å². The van der Waals surface area contributed by atoms with Crippen LogP contribution in [0.2, 0.25) is 0 Å². The molecule has 1 aromatic rings. The summed E-state index contributed by atoms with van der Waals surface area (Å²) in [7, 11) is 0. The van der Waals surface area contributed by atoms with Gasteiger partial charge in [-0.15, -0.1) is 0 Å². The molecule has 0 radical (unpaired) electrons. The Balaban J connectivity index is 2.77. The lowest BCUT2D eigenvalue weighted by Gasteiger charge is -2.03. The highest BCUT2D eigenvalue weighted by atomic mass is 15.3. The van der Waals surface area contributed by atoms with Crippen molar-refractivity contribution in [3.63, 3.8) is 0 Å². The standard InChI is InChI=1S/C8H15N3/c1-6(9)5-11-8(3)4-7(2)10-11/h4,6H,5,9H2,1-3H3/p+1/t6-/m0/s1. The maximum absolute atomic E-state index is 4.33. The van der Waals surface area contributed by atoms with Crippen LogP contribution in [0.1, 0.15) is 18.3 Å². The second kappa shape index (κ2) is 3.05. The van der Waals surface area contributed by atoms with E-state index in [-0.39, 0.29) is 0 Å². The van der Waals surface area contributed by atoms with Gasteiger partial charge in [0.05, 0.1) is 12.2 Å². The van der Waals surface area contributed by atoms with Gasteiger partial charge in [0, 0.05) is 5.69 Å². The monoisotopic (exact) mass is 154 g/mol. The first-order valence-electron chi connectivity index (χ1n) is 3.93. The van der Waals surface area contributed by atoms with Crippen molar-refractivity contribution in [3.8, 4) is 0 Å². The van der Waals surface area contributed by atoms with Crippen LogP contribution < -0.4 is 5.73 Å². The molecule has 3 nitrogen and oxygen atoms in total. The smallest absolute Gasteiger partial charge is 0.101 e. The van der Waals surface area contributed by atoms with E-state index in [1.165, 1.54) is 5.69 Å². The van der Waals surface area contributed by atoms with Gasteiger partial charge in [0.2, 0.25) is 0 Å². The third kappa shape index (κ3) is 2.05. The van der Waals surface area contributed by atoms with E-state index in [0.29, 0.717) is 6.04 Å². The average Bonchev–Trinajstić information content (AvgIpc) is 2.09. The highest BCUT2D eigenvalue weighted by molar-refractivity contribution is 5.06. The molecule has 1 aromatic heterocycles. The van der Waals surface area contributed by atoms with Gasteiger partial charge in [-0.1, -0.05) is 0 Å². The van der Waals surface area contributed by atoms with Crippen molar-refractivity contribution >= 4 is 0 Å². The van der Waals surface area contributed by atoms with Crippen LogP contribution in [0.25, 0.3) is 0 Å². The van der Waals surface area contributed by atoms with E-state index >= 15 is 0 Å². The van der Waals surface area contributed by atoms with Crippen LogP contribution in [-0.4, -0.2) is 15.8 Å². The Hall–Kier alpha value is -0.830. The van der Waals surface area contributed by atoms with E-state index in [9.17, 15) is 0 Å². The van der Waals surface area contributed by atoms with Crippen LogP contribution >= 0.6 is 0 Å². The minimum absolute atomic E-state index is 0.424. The van der Waals surface area contributed by atoms with Crippen LogP contribution in [0.15, 0.2) is 6.07 Å². The quantitative estimate of drug-likeness (QED) is 0.646. The van der Waals surface area contributed by atoms with Gasteiger partial charge in [-0.25, -0.2) is 0 Å². The van der Waals surface area contributed by atoms with Crippen LogP contribution in [-0.2, 0) is 6.54 Å².